The maximum absolute atomic E-state index is 12.8. The Hall–Kier alpha value is -2.87. The van der Waals surface area contributed by atoms with Crippen LogP contribution in [0.15, 0.2) is 58.5 Å². The van der Waals surface area contributed by atoms with Crippen molar-refractivity contribution in [1.29, 1.82) is 0 Å². The molecule has 0 spiro atoms. The minimum Gasteiger partial charge on any atom is -0.350 e. The number of hydrogen-bond acceptors (Lipinski definition) is 5. The fourth-order valence-electron chi connectivity index (χ4n) is 3.12. The smallest absolute Gasteiger partial charge is 0.346 e. The second-order valence-corrected chi connectivity index (χ2v) is 7.48. The van der Waals surface area contributed by atoms with Gasteiger partial charge in [-0.1, -0.05) is 12.1 Å². The number of hydrogen-bond donors (Lipinski definition) is 1. The van der Waals surface area contributed by atoms with Crippen molar-refractivity contribution in [2.24, 2.45) is 0 Å². The number of rotatable bonds is 7. The maximum atomic E-state index is 12.8. The summed E-state index contributed by atoms with van der Waals surface area (Å²) in [5.41, 5.74) is 1.32. The van der Waals surface area contributed by atoms with E-state index >= 15 is 0 Å². The summed E-state index contributed by atoms with van der Waals surface area (Å²) < 4.78 is 3.18. The van der Waals surface area contributed by atoms with Crippen LogP contribution in [-0.2, 0) is 6.54 Å². The molecule has 1 amide bonds. The van der Waals surface area contributed by atoms with E-state index in [0.29, 0.717) is 24.5 Å². The molecule has 1 aromatic carbocycles. The maximum Gasteiger partial charge on any atom is 0.346 e. The second kappa shape index (κ2) is 8.02. The Bertz CT molecular complexity index is 1040. The van der Waals surface area contributed by atoms with Gasteiger partial charge in [-0.3, -0.25) is 14.3 Å². The summed E-state index contributed by atoms with van der Waals surface area (Å²) in [6.45, 7) is 0.647. The van der Waals surface area contributed by atoms with Crippen LogP contribution in [0.3, 0.4) is 0 Å². The normalized spacial score (nSPS) is 13.5. The molecule has 1 aliphatic carbocycles. The third-order valence-electron chi connectivity index (χ3n) is 4.66. The van der Waals surface area contributed by atoms with E-state index in [1.165, 1.54) is 16.4 Å². The first-order valence-electron chi connectivity index (χ1n) is 9.20. The zero-order chi connectivity index (χ0) is 19.5. The number of benzene rings is 1. The lowest BCUT2D eigenvalue weighted by Crippen LogP contribution is -2.32. The molecule has 1 saturated carbocycles. The molecule has 0 saturated heterocycles. The molecule has 0 radical (unpaired) electrons. The van der Waals surface area contributed by atoms with Gasteiger partial charge in [0.2, 0.25) is 0 Å². The van der Waals surface area contributed by atoms with Crippen molar-refractivity contribution in [1.82, 2.24) is 24.6 Å². The average Bonchev–Trinajstić information content (AvgIpc) is 3.52. The topological polar surface area (TPSA) is 81.8 Å². The molecule has 0 bridgehead atoms. The fourth-order valence-corrected chi connectivity index (χ4v) is 3.72. The molecular weight excluding hydrogens is 374 g/mol. The molecule has 28 heavy (non-hydrogen) atoms. The second-order valence-electron chi connectivity index (χ2n) is 6.63. The molecular formula is C20H21N5O2S. The van der Waals surface area contributed by atoms with Crippen molar-refractivity contribution in [2.75, 3.05) is 12.8 Å². The molecule has 0 aliphatic heterocycles. The highest BCUT2D eigenvalue weighted by atomic mass is 32.2. The first-order valence-corrected chi connectivity index (χ1v) is 10.4. The number of carbonyl (C=O) groups is 1. The van der Waals surface area contributed by atoms with Crippen LogP contribution in [-0.4, -0.2) is 38.0 Å². The summed E-state index contributed by atoms with van der Waals surface area (Å²) in [6, 6.07) is 11.4. The predicted octanol–water partition coefficient (Wildman–Crippen LogP) is 2.59. The Kier molecular flexibility index (Phi) is 5.29. The van der Waals surface area contributed by atoms with E-state index in [1.807, 2.05) is 36.6 Å². The standard InChI is InChI=1S/C20H21N5O2S/c1-28-17-7-3-2-6-16(17)19(26)22-11-12-24-20(27)25(15-8-9-15)18(23-24)14-5-4-10-21-13-14/h2-7,10,13,15H,8-9,11-12H2,1H3,(H,22,26). The molecule has 0 atom stereocenters. The van der Waals surface area contributed by atoms with Crippen LogP contribution < -0.4 is 11.0 Å². The van der Waals surface area contributed by atoms with Crippen LogP contribution in [0.2, 0.25) is 0 Å². The molecule has 8 heteroatoms. The lowest BCUT2D eigenvalue weighted by atomic mass is 10.2. The quantitative estimate of drug-likeness (QED) is 0.622. The number of nitrogens with zero attached hydrogens (tertiary/aromatic N) is 4. The summed E-state index contributed by atoms with van der Waals surface area (Å²) in [5.74, 6) is 0.492. The first kappa shape index (κ1) is 18.5. The van der Waals surface area contributed by atoms with Gasteiger partial charge in [-0.05, 0) is 43.4 Å². The zero-order valence-electron chi connectivity index (χ0n) is 15.5. The molecule has 2 heterocycles. The highest BCUT2D eigenvalue weighted by molar-refractivity contribution is 7.98. The Morgan fingerprint density at radius 2 is 2.07 bits per heavy atom. The van der Waals surface area contributed by atoms with Crippen molar-refractivity contribution in [3.63, 3.8) is 0 Å². The number of aromatic nitrogens is 4. The van der Waals surface area contributed by atoms with E-state index in [4.69, 9.17) is 0 Å². The Labute approximate surface area is 166 Å². The van der Waals surface area contributed by atoms with Gasteiger partial charge in [0.25, 0.3) is 5.91 Å². The van der Waals surface area contributed by atoms with E-state index < -0.39 is 0 Å². The lowest BCUT2D eigenvalue weighted by Gasteiger charge is -2.08. The van der Waals surface area contributed by atoms with Crippen molar-refractivity contribution < 1.29 is 4.79 Å². The number of thioether (sulfide) groups is 1. The van der Waals surface area contributed by atoms with Crippen molar-refractivity contribution in [3.8, 4) is 11.4 Å². The Morgan fingerprint density at radius 1 is 1.25 bits per heavy atom. The van der Waals surface area contributed by atoms with Crippen molar-refractivity contribution >= 4 is 17.7 Å². The van der Waals surface area contributed by atoms with Crippen molar-refractivity contribution in [2.45, 2.75) is 30.3 Å². The van der Waals surface area contributed by atoms with Crippen molar-refractivity contribution in [3.05, 3.63) is 64.8 Å². The molecule has 7 nitrogen and oxygen atoms in total. The zero-order valence-corrected chi connectivity index (χ0v) is 16.4. The molecule has 1 fully saturated rings. The number of amides is 1. The van der Waals surface area contributed by atoms with Gasteiger partial charge >= 0.3 is 5.69 Å². The van der Waals surface area contributed by atoms with Crippen LogP contribution in [0.4, 0.5) is 0 Å². The Morgan fingerprint density at radius 3 is 2.79 bits per heavy atom. The van der Waals surface area contributed by atoms with Gasteiger partial charge in [0.05, 0.1) is 12.1 Å². The Balaban J connectivity index is 1.50. The van der Waals surface area contributed by atoms with Gasteiger partial charge in [0.15, 0.2) is 5.82 Å². The summed E-state index contributed by atoms with van der Waals surface area (Å²) in [6.07, 6.45) is 7.33. The predicted molar refractivity (Wildman–Crippen MR) is 109 cm³/mol. The van der Waals surface area contributed by atoms with E-state index in [2.05, 4.69) is 15.4 Å². The molecule has 0 unspecified atom stereocenters. The first-order chi connectivity index (χ1) is 13.7. The molecule has 4 rings (SSSR count). The highest BCUT2D eigenvalue weighted by Crippen LogP contribution is 2.36. The van der Waals surface area contributed by atoms with Crippen LogP contribution in [0.1, 0.15) is 29.2 Å². The third-order valence-corrected chi connectivity index (χ3v) is 5.46. The number of pyridine rings is 1. The summed E-state index contributed by atoms with van der Waals surface area (Å²) in [7, 11) is 0. The molecule has 1 N–H and O–H groups in total. The monoisotopic (exact) mass is 395 g/mol. The van der Waals surface area contributed by atoms with Crippen LogP contribution in [0.25, 0.3) is 11.4 Å². The van der Waals surface area contributed by atoms with Gasteiger partial charge in [0.1, 0.15) is 0 Å². The minimum absolute atomic E-state index is 0.139. The minimum atomic E-state index is -0.146. The van der Waals surface area contributed by atoms with E-state index in [9.17, 15) is 9.59 Å². The molecule has 3 aromatic rings. The highest BCUT2D eigenvalue weighted by Gasteiger charge is 2.30. The summed E-state index contributed by atoms with van der Waals surface area (Å²) in [4.78, 5) is 30.3. The summed E-state index contributed by atoms with van der Waals surface area (Å²) >= 11 is 1.53. The van der Waals surface area contributed by atoms with Gasteiger partial charge in [-0.15, -0.1) is 16.9 Å². The van der Waals surface area contributed by atoms with E-state index in [0.717, 1.165) is 23.3 Å². The van der Waals surface area contributed by atoms with E-state index in [1.54, 1.807) is 23.0 Å². The average molecular weight is 395 g/mol. The van der Waals surface area contributed by atoms with Gasteiger partial charge in [0, 0.05) is 35.4 Å². The van der Waals surface area contributed by atoms with Gasteiger partial charge in [-0.25, -0.2) is 9.48 Å². The SMILES string of the molecule is CSc1ccccc1C(=O)NCCn1nc(-c2cccnc2)n(C2CC2)c1=O. The number of carbonyl (C=O) groups excluding carboxylic acids is 1. The lowest BCUT2D eigenvalue weighted by molar-refractivity contribution is 0.0949. The van der Waals surface area contributed by atoms with Gasteiger partial charge < -0.3 is 5.32 Å². The third kappa shape index (κ3) is 3.73. The van der Waals surface area contributed by atoms with Gasteiger partial charge in [-0.2, -0.15) is 0 Å². The van der Waals surface area contributed by atoms with E-state index in [-0.39, 0.29) is 17.6 Å². The van der Waals surface area contributed by atoms with Crippen LogP contribution in [0, 0.1) is 0 Å². The fraction of sp³-hybridized carbons (Fsp3) is 0.300. The van der Waals surface area contributed by atoms with Crippen LogP contribution in [0.5, 0.6) is 0 Å². The molecule has 2 aromatic heterocycles. The summed E-state index contributed by atoms with van der Waals surface area (Å²) in [5, 5.41) is 7.41. The number of nitrogens with one attached hydrogen (secondary N) is 1. The largest absolute Gasteiger partial charge is 0.350 e. The molecule has 144 valence electrons. The van der Waals surface area contributed by atoms with Crippen LogP contribution >= 0.6 is 11.8 Å². The molecule has 1 aliphatic rings.